The molecule has 4 heteroatoms. The molecule has 0 unspecified atom stereocenters. The molecule has 0 atom stereocenters. The maximum absolute atomic E-state index is 4.98. The van der Waals surface area contributed by atoms with E-state index in [0.29, 0.717) is 17.5 Å². The molecule has 0 fully saturated rings. The summed E-state index contributed by atoms with van der Waals surface area (Å²) in [4.78, 5) is 19.1. The van der Waals surface area contributed by atoms with E-state index in [1.54, 1.807) is 12.4 Å². The van der Waals surface area contributed by atoms with Gasteiger partial charge in [0.05, 0.1) is 0 Å². The van der Waals surface area contributed by atoms with Gasteiger partial charge in [-0.1, -0.05) is 141 Å². The minimum Gasteiger partial charge on any atom is -0.264 e. The van der Waals surface area contributed by atoms with E-state index in [-0.39, 0.29) is 5.41 Å². The highest BCUT2D eigenvalue weighted by atomic mass is 15.0. The van der Waals surface area contributed by atoms with Crippen molar-refractivity contribution in [2.45, 2.75) is 19.3 Å². The maximum atomic E-state index is 4.98. The van der Waals surface area contributed by atoms with E-state index in [1.165, 1.54) is 44.2 Å². The van der Waals surface area contributed by atoms with Gasteiger partial charge in [-0.25, -0.2) is 15.0 Å². The summed E-state index contributed by atoms with van der Waals surface area (Å²) in [7, 11) is 0. The zero-order chi connectivity index (χ0) is 33.0. The van der Waals surface area contributed by atoms with Crippen molar-refractivity contribution in [1.82, 2.24) is 19.9 Å². The van der Waals surface area contributed by atoms with E-state index < -0.39 is 0 Å². The lowest BCUT2D eigenvalue weighted by molar-refractivity contribution is 0.666. The second-order valence-electron chi connectivity index (χ2n) is 13.2. The fourth-order valence-corrected chi connectivity index (χ4v) is 7.29. The van der Waals surface area contributed by atoms with Gasteiger partial charge < -0.3 is 0 Å². The van der Waals surface area contributed by atoms with Crippen LogP contribution in [0.1, 0.15) is 25.0 Å². The van der Waals surface area contributed by atoms with Crippen LogP contribution in [0.4, 0.5) is 0 Å². The van der Waals surface area contributed by atoms with Crippen LogP contribution < -0.4 is 0 Å². The Hall–Kier alpha value is -6.26. The van der Waals surface area contributed by atoms with Gasteiger partial charge in [-0.3, -0.25) is 4.98 Å². The molecule has 0 saturated heterocycles. The van der Waals surface area contributed by atoms with E-state index >= 15 is 0 Å². The molecule has 1 aliphatic rings. The summed E-state index contributed by atoms with van der Waals surface area (Å²) in [6.45, 7) is 4.70. The van der Waals surface area contributed by atoms with Gasteiger partial charge in [-0.2, -0.15) is 0 Å². The third-order valence-corrected chi connectivity index (χ3v) is 9.82. The van der Waals surface area contributed by atoms with E-state index in [9.17, 15) is 0 Å². The van der Waals surface area contributed by atoms with E-state index in [4.69, 9.17) is 15.0 Å². The van der Waals surface area contributed by atoms with Crippen molar-refractivity contribution in [3.8, 4) is 67.5 Å². The first-order valence-electron chi connectivity index (χ1n) is 16.6. The third kappa shape index (κ3) is 5.01. The number of nitrogens with zero attached hydrogens (tertiary/aromatic N) is 4. The highest BCUT2D eigenvalue weighted by Crippen LogP contribution is 2.52. The summed E-state index contributed by atoms with van der Waals surface area (Å²) < 4.78 is 0. The molecular formula is C45H32N4. The number of aromatic nitrogens is 4. The van der Waals surface area contributed by atoms with Crippen LogP contribution in [-0.4, -0.2) is 19.9 Å². The molecular weight excluding hydrogens is 597 g/mol. The molecule has 0 radical (unpaired) electrons. The Bertz CT molecular complexity index is 2490. The Morgan fingerprint density at radius 2 is 0.959 bits per heavy atom. The molecule has 0 spiro atoms. The van der Waals surface area contributed by atoms with Crippen LogP contribution in [0, 0.1) is 0 Å². The lowest BCUT2D eigenvalue weighted by Gasteiger charge is -2.23. The number of rotatable bonds is 5. The standard InChI is InChI=1S/C45H32N4/c1-45(2)40-27-35(23-24-38(40)39-25-22-32-11-6-7-13-37(32)41(39)45)31-16-20-34(21-17-31)43-47-42(48-44(49-43)36-12-8-26-46-28-36)33-18-14-30(15-19-33)29-9-4-3-5-10-29/h3-28H,1-2H3. The Balaban J connectivity index is 1.08. The first-order chi connectivity index (χ1) is 24.0. The number of hydrogen-bond acceptors (Lipinski definition) is 4. The van der Waals surface area contributed by atoms with E-state index in [0.717, 1.165) is 27.8 Å². The SMILES string of the molecule is CC1(C)c2cc(-c3ccc(-c4nc(-c5ccc(-c6ccccc6)cc5)nc(-c5cccnc5)n4)cc3)ccc2-c2ccc3ccccc3c21. The molecule has 1 aliphatic carbocycles. The van der Waals surface area contributed by atoms with E-state index in [2.05, 4.69) is 146 Å². The minimum atomic E-state index is -0.106. The molecule has 6 aromatic carbocycles. The van der Waals surface area contributed by atoms with Crippen molar-refractivity contribution in [1.29, 1.82) is 0 Å². The molecule has 0 aliphatic heterocycles. The zero-order valence-electron chi connectivity index (χ0n) is 27.3. The summed E-state index contributed by atoms with van der Waals surface area (Å²) in [6, 6.07) is 51.4. The van der Waals surface area contributed by atoms with Gasteiger partial charge in [0, 0.05) is 34.5 Å². The number of benzene rings is 6. The van der Waals surface area contributed by atoms with Crippen molar-refractivity contribution in [3.63, 3.8) is 0 Å². The van der Waals surface area contributed by atoms with E-state index in [1.807, 2.05) is 18.2 Å². The Labute approximate surface area is 285 Å². The largest absolute Gasteiger partial charge is 0.264 e. The van der Waals surface area contributed by atoms with Gasteiger partial charge in [-0.15, -0.1) is 0 Å². The summed E-state index contributed by atoms with van der Waals surface area (Å²) in [5.41, 5.74) is 12.7. The van der Waals surface area contributed by atoms with Crippen molar-refractivity contribution < 1.29 is 0 Å². The molecule has 0 bridgehead atoms. The van der Waals surface area contributed by atoms with Crippen LogP contribution in [0.5, 0.6) is 0 Å². The molecule has 0 saturated carbocycles. The molecule has 8 aromatic rings. The molecule has 232 valence electrons. The predicted molar refractivity (Wildman–Crippen MR) is 200 cm³/mol. The molecule has 49 heavy (non-hydrogen) atoms. The summed E-state index contributed by atoms with van der Waals surface area (Å²) in [6.07, 6.45) is 3.55. The lowest BCUT2D eigenvalue weighted by atomic mass is 9.79. The van der Waals surface area contributed by atoms with Crippen LogP contribution in [-0.2, 0) is 5.41 Å². The average molecular weight is 629 g/mol. The van der Waals surface area contributed by atoms with Crippen LogP contribution in [0.15, 0.2) is 158 Å². The maximum Gasteiger partial charge on any atom is 0.165 e. The van der Waals surface area contributed by atoms with Gasteiger partial charge in [-0.05, 0) is 73.5 Å². The molecule has 2 heterocycles. The lowest BCUT2D eigenvalue weighted by Crippen LogP contribution is -2.15. The van der Waals surface area contributed by atoms with Crippen molar-refractivity contribution in [2.75, 3.05) is 0 Å². The molecule has 2 aromatic heterocycles. The highest BCUT2D eigenvalue weighted by molar-refractivity contribution is 5.98. The third-order valence-electron chi connectivity index (χ3n) is 9.82. The van der Waals surface area contributed by atoms with Crippen molar-refractivity contribution >= 4 is 10.8 Å². The normalized spacial score (nSPS) is 12.9. The van der Waals surface area contributed by atoms with Crippen LogP contribution in [0.2, 0.25) is 0 Å². The topological polar surface area (TPSA) is 51.6 Å². The Morgan fingerprint density at radius 3 is 1.63 bits per heavy atom. The minimum absolute atomic E-state index is 0.106. The van der Waals surface area contributed by atoms with Crippen LogP contribution in [0.25, 0.3) is 78.3 Å². The van der Waals surface area contributed by atoms with Gasteiger partial charge in [0.25, 0.3) is 0 Å². The predicted octanol–water partition coefficient (Wildman–Crippen LogP) is 11.1. The van der Waals surface area contributed by atoms with Crippen molar-refractivity contribution in [2.24, 2.45) is 0 Å². The summed E-state index contributed by atoms with van der Waals surface area (Å²) in [5.74, 6) is 1.85. The van der Waals surface area contributed by atoms with Gasteiger partial charge >= 0.3 is 0 Å². The number of pyridine rings is 1. The summed E-state index contributed by atoms with van der Waals surface area (Å²) in [5, 5.41) is 2.62. The molecule has 4 nitrogen and oxygen atoms in total. The number of fused-ring (bicyclic) bond motifs is 5. The molecule has 0 N–H and O–H groups in total. The van der Waals surface area contributed by atoms with Crippen LogP contribution in [0.3, 0.4) is 0 Å². The number of hydrogen-bond donors (Lipinski definition) is 0. The molecule has 9 rings (SSSR count). The fourth-order valence-electron chi connectivity index (χ4n) is 7.29. The second-order valence-corrected chi connectivity index (χ2v) is 13.2. The monoisotopic (exact) mass is 628 g/mol. The Kier molecular flexibility index (Phi) is 6.77. The second kappa shape index (κ2) is 11.5. The average Bonchev–Trinajstić information content (AvgIpc) is 3.41. The Morgan fingerprint density at radius 1 is 0.429 bits per heavy atom. The van der Waals surface area contributed by atoms with Gasteiger partial charge in [0.1, 0.15) is 0 Å². The zero-order valence-corrected chi connectivity index (χ0v) is 27.3. The first-order valence-corrected chi connectivity index (χ1v) is 16.6. The van der Waals surface area contributed by atoms with Gasteiger partial charge in [0.2, 0.25) is 0 Å². The fraction of sp³-hybridized carbons (Fsp3) is 0.0667. The first kappa shape index (κ1) is 28.9. The van der Waals surface area contributed by atoms with Crippen molar-refractivity contribution in [3.05, 3.63) is 169 Å². The quantitative estimate of drug-likeness (QED) is 0.190. The van der Waals surface area contributed by atoms with Crippen LogP contribution >= 0.6 is 0 Å². The van der Waals surface area contributed by atoms with Gasteiger partial charge in [0.15, 0.2) is 17.5 Å². The smallest absolute Gasteiger partial charge is 0.165 e. The highest BCUT2D eigenvalue weighted by Gasteiger charge is 2.37. The summed E-state index contributed by atoms with van der Waals surface area (Å²) >= 11 is 0. The molecule has 0 amide bonds.